The number of hydrogen-bond donors (Lipinski definition) is 2. The third kappa shape index (κ3) is 2.58. The summed E-state index contributed by atoms with van der Waals surface area (Å²) < 4.78 is 0. The number of anilines is 1. The van der Waals surface area contributed by atoms with Gasteiger partial charge in [0.15, 0.2) is 0 Å². The number of hydrogen-bond acceptors (Lipinski definition) is 4. The second kappa shape index (κ2) is 5.48. The van der Waals surface area contributed by atoms with E-state index in [0.717, 1.165) is 10.9 Å². The van der Waals surface area contributed by atoms with E-state index < -0.39 is 0 Å². The second-order valence-corrected chi connectivity index (χ2v) is 4.24. The van der Waals surface area contributed by atoms with Crippen molar-refractivity contribution in [3.8, 4) is 6.07 Å². The lowest BCUT2D eigenvalue weighted by molar-refractivity contribution is 0.282. The Morgan fingerprint density at radius 3 is 2.94 bits per heavy atom. The molecule has 0 aliphatic carbocycles. The number of rotatable bonds is 4. The summed E-state index contributed by atoms with van der Waals surface area (Å²) in [4.78, 5) is 4.46. The molecule has 4 nitrogen and oxygen atoms in total. The molecule has 0 saturated carbocycles. The van der Waals surface area contributed by atoms with E-state index in [-0.39, 0.29) is 12.6 Å². The van der Waals surface area contributed by atoms with Gasteiger partial charge in [-0.25, -0.2) is 4.98 Å². The normalized spacial score (nSPS) is 12.1. The van der Waals surface area contributed by atoms with Crippen molar-refractivity contribution in [2.45, 2.75) is 19.4 Å². The minimum atomic E-state index is 0.121. The molecule has 1 unspecified atom stereocenters. The molecule has 92 valence electrons. The summed E-state index contributed by atoms with van der Waals surface area (Å²) in [6.45, 7) is 2.10. The molecule has 1 heterocycles. The number of aliphatic hydroxyl groups is 1. The lowest BCUT2D eigenvalue weighted by Crippen LogP contribution is -2.17. The summed E-state index contributed by atoms with van der Waals surface area (Å²) >= 11 is 0. The van der Waals surface area contributed by atoms with E-state index in [0.29, 0.717) is 17.8 Å². The summed E-state index contributed by atoms with van der Waals surface area (Å²) in [5.41, 5.74) is 1.41. The summed E-state index contributed by atoms with van der Waals surface area (Å²) in [5.74, 6) is 0.672. The van der Waals surface area contributed by atoms with E-state index in [1.807, 2.05) is 31.2 Å². The Kier molecular flexibility index (Phi) is 3.75. The average molecular weight is 241 g/mol. The van der Waals surface area contributed by atoms with Gasteiger partial charge in [-0.05, 0) is 25.5 Å². The van der Waals surface area contributed by atoms with Gasteiger partial charge in [-0.1, -0.05) is 18.2 Å². The van der Waals surface area contributed by atoms with Crippen molar-refractivity contribution in [3.05, 3.63) is 35.9 Å². The maximum absolute atomic E-state index is 9.15. The molecule has 0 aliphatic rings. The van der Waals surface area contributed by atoms with E-state index in [2.05, 4.69) is 16.4 Å². The van der Waals surface area contributed by atoms with Crippen molar-refractivity contribution in [1.29, 1.82) is 5.26 Å². The number of nitrogens with one attached hydrogen (secondary N) is 1. The summed E-state index contributed by atoms with van der Waals surface area (Å²) in [7, 11) is 0. The smallest absolute Gasteiger partial charge is 0.128 e. The van der Waals surface area contributed by atoms with Crippen molar-refractivity contribution in [2.24, 2.45) is 0 Å². The Morgan fingerprint density at radius 1 is 1.44 bits per heavy atom. The van der Waals surface area contributed by atoms with Crippen LogP contribution in [0.1, 0.15) is 18.9 Å². The minimum absolute atomic E-state index is 0.121. The highest BCUT2D eigenvalue weighted by molar-refractivity contribution is 5.86. The van der Waals surface area contributed by atoms with Gasteiger partial charge in [0, 0.05) is 18.0 Å². The van der Waals surface area contributed by atoms with Crippen molar-refractivity contribution >= 4 is 16.7 Å². The topological polar surface area (TPSA) is 68.9 Å². The first-order chi connectivity index (χ1) is 8.74. The van der Waals surface area contributed by atoms with Gasteiger partial charge in [-0.3, -0.25) is 0 Å². The lowest BCUT2D eigenvalue weighted by Gasteiger charge is -2.14. The number of para-hydroxylation sites is 1. The van der Waals surface area contributed by atoms with Crippen LogP contribution >= 0.6 is 0 Å². The number of fused-ring (bicyclic) bond motifs is 1. The van der Waals surface area contributed by atoms with Crippen LogP contribution in [0.25, 0.3) is 10.9 Å². The van der Waals surface area contributed by atoms with Gasteiger partial charge in [0.05, 0.1) is 17.1 Å². The lowest BCUT2D eigenvalue weighted by atomic mass is 10.1. The zero-order valence-corrected chi connectivity index (χ0v) is 10.2. The van der Waals surface area contributed by atoms with Gasteiger partial charge in [0.25, 0.3) is 0 Å². The molecule has 2 N–H and O–H groups in total. The fourth-order valence-corrected chi connectivity index (χ4v) is 1.86. The molecule has 0 amide bonds. The van der Waals surface area contributed by atoms with Crippen molar-refractivity contribution in [2.75, 3.05) is 11.9 Å². The van der Waals surface area contributed by atoms with Crippen molar-refractivity contribution < 1.29 is 5.11 Å². The van der Waals surface area contributed by atoms with E-state index in [4.69, 9.17) is 10.4 Å². The number of benzene rings is 1. The van der Waals surface area contributed by atoms with E-state index in [9.17, 15) is 0 Å². The van der Waals surface area contributed by atoms with Crippen LogP contribution in [0.2, 0.25) is 0 Å². The molecule has 1 aromatic carbocycles. The molecule has 2 rings (SSSR count). The van der Waals surface area contributed by atoms with E-state index >= 15 is 0 Å². The Morgan fingerprint density at radius 2 is 2.22 bits per heavy atom. The molecule has 0 saturated heterocycles. The van der Waals surface area contributed by atoms with Crippen LogP contribution in [-0.2, 0) is 0 Å². The van der Waals surface area contributed by atoms with Gasteiger partial charge < -0.3 is 10.4 Å². The highest BCUT2D eigenvalue weighted by Gasteiger charge is 2.07. The van der Waals surface area contributed by atoms with Crippen LogP contribution in [0.3, 0.4) is 0 Å². The molecule has 0 bridgehead atoms. The second-order valence-electron chi connectivity index (χ2n) is 4.24. The molecule has 0 radical (unpaired) electrons. The zero-order chi connectivity index (χ0) is 13.0. The van der Waals surface area contributed by atoms with Crippen LogP contribution in [0.15, 0.2) is 30.3 Å². The fraction of sp³-hybridized carbons (Fsp3) is 0.286. The van der Waals surface area contributed by atoms with Gasteiger partial charge in [0.1, 0.15) is 5.82 Å². The summed E-state index contributed by atoms with van der Waals surface area (Å²) in [5, 5.41) is 22.1. The fourth-order valence-electron chi connectivity index (χ4n) is 1.86. The Hall–Kier alpha value is -2.12. The molecule has 0 spiro atoms. The number of aromatic nitrogens is 1. The van der Waals surface area contributed by atoms with Crippen LogP contribution in [-0.4, -0.2) is 22.7 Å². The standard InChI is InChI=1S/C14H15N3O/c1-10(6-7-18)16-14-8-11(9-15)12-4-2-3-5-13(12)17-14/h2-5,8,10,18H,6-7H2,1H3,(H,16,17). The number of aliphatic hydroxyl groups excluding tert-OH is 1. The molecular formula is C14H15N3O. The van der Waals surface area contributed by atoms with Crippen molar-refractivity contribution in [3.63, 3.8) is 0 Å². The largest absolute Gasteiger partial charge is 0.396 e. The molecule has 0 aliphatic heterocycles. The number of pyridine rings is 1. The Balaban J connectivity index is 2.38. The summed E-state index contributed by atoms with van der Waals surface area (Å²) in [6, 6.07) is 11.6. The molecule has 18 heavy (non-hydrogen) atoms. The molecule has 4 heteroatoms. The maximum atomic E-state index is 9.15. The van der Waals surface area contributed by atoms with Gasteiger partial charge >= 0.3 is 0 Å². The predicted octanol–water partition coefficient (Wildman–Crippen LogP) is 2.29. The highest BCUT2D eigenvalue weighted by Crippen LogP contribution is 2.20. The predicted molar refractivity (Wildman–Crippen MR) is 71.2 cm³/mol. The quantitative estimate of drug-likeness (QED) is 0.861. The maximum Gasteiger partial charge on any atom is 0.128 e. The zero-order valence-electron chi connectivity index (χ0n) is 10.2. The average Bonchev–Trinajstić information content (AvgIpc) is 2.38. The third-order valence-corrected chi connectivity index (χ3v) is 2.79. The van der Waals surface area contributed by atoms with Crippen LogP contribution in [0, 0.1) is 11.3 Å². The van der Waals surface area contributed by atoms with E-state index in [1.165, 1.54) is 0 Å². The first-order valence-corrected chi connectivity index (χ1v) is 5.92. The number of nitrogens with zero attached hydrogens (tertiary/aromatic N) is 2. The minimum Gasteiger partial charge on any atom is -0.396 e. The SMILES string of the molecule is CC(CCO)Nc1cc(C#N)c2ccccc2n1. The van der Waals surface area contributed by atoms with Gasteiger partial charge in [-0.15, -0.1) is 0 Å². The van der Waals surface area contributed by atoms with Crippen LogP contribution < -0.4 is 5.32 Å². The Labute approximate surface area is 106 Å². The van der Waals surface area contributed by atoms with Crippen molar-refractivity contribution in [1.82, 2.24) is 4.98 Å². The van der Waals surface area contributed by atoms with Gasteiger partial charge in [0.2, 0.25) is 0 Å². The monoisotopic (exact) mass is 241 g/mol. The summed E-state index contributed by atoms with van der Waals surface area (Å²) in [6.07, 6.45) is 0.649. The third-order valence-electron chi connectivity index (χ3n) is 2.79. The molecule has 2 aromatic rings. The molecule has 1 atom stereocenters. The number of nitriles is 1. The highest BCUT2D eigenvalue weighted by atomic mass is 16.3. The molecular weight excluding hydrogens is 226 g/mol. The molecule has 0 fully saturated rings. The van der Waals surface area contributed by atoms with Crippen LogP contribution in [0.5, 0.6) is 0 Å². The first kappa shape index (κ1) is 12.3. The Bertz CT molecular complexity index is 589. The molecule has 1 aromatic heterocycles. The van der Waals surface area contributed by atoms with Gasteiger partial charge in [-0.2, -0.15) is 5.26 Å². The first-order valence-electron chi connectivity index (χ1n) is 5.92. The van der Waals surface area contributed by atoms with E-state index in [1.54, 1.807) is 6.07 Å². The van der Waals surface area contributed by atoms with Crippen LogP contribution in [0.4, 0.5) is 5.82 Å².